The molecular weight excluding hydrogens is 417 g/mol. The summed E-state index contributed by atoms with van der Waals surface area (Å²) in [6.07, 6.45) is 3.69. The van der Waals surface area contributed by atoms with Crippen LogP contribution in [0.3, 0.4) is 0 Å². The molecule has 136 valence electrons. The Hall–Kier alpha value is -1.02. The van der Waals surface area contributed by atoms with Crippen molar-refractivity contribution in [1.29, 1.82) is 0 Å². The van der Waals surface area contributed by atoms with Gasteiger partial charge in [0.15, 0.2) is 5.96 Å². The molecule has 0 aromatic heterocycles. The molecule has 0 bridgehead atoms. The van der Waals surface area contributed by atoms with Crippen LogP contribution in [0.1, 0.15) is 37.3 Å². The molecule has 1 aliphatic rings. The van der Waals surface area contributed by atoms with Crippen LogP contribution in [-0.4, -0.2) is 43.8 Å². The normalized spacial score (nSPS) is 15.1. The first-order valence-electron chi connectivity index (χ1n) is 8.55. The van der Waals surface area contributed by atoms with E-state index in [1.165, 1.54) is 24.8 Å². The molecule has 1 aromatic carbocycles. The second-order valence-electron chi connectivity index (χ2n) is 5.88. The minimum atomic E-state index is 0. The summed E-state index contributed by atoms with van der Waals surface area (Å²) in [5.74, 6) is 1.52. The Labute approximate surface area is 162 Å². The lowest BCUT2D eigenvalue weighted by molar-refractivity contribution is 0.110. The fourth-order valence-electron chi connectivity index (χ4n) is 2.67. The zero-order valence-electron chi connectivity index (χ0n) is 14.8. The Bertz CT molecular complexity index is 517. The lowest BCUT2D eigenvalue weighted by atomic mass is 10.1. The summed E-state index contributed by atoms with van der Waals surface area (Å²) in [7, 11) is 0. The lowest BCUT2D eigenvalue weighted by Crippen LogP contribution is -2.40. The van der Waals surface area contributed by atoms with Gasteiger partial charge in [-0.1, -0.05) is 12.1 Å². The summed E-state index contributed by atoms with van der Waals surface area (Å²) in [5.41, 5.74) is 8.37. The van der Waals surface area contributed by atoms with E-state index in [0.29, 0.717) is 32.3 Å². The number of hydrogen-bond acceptors (Lipinski definition) is 3. The number of likely N-dealkylation sites (tertiary alicyclic amines) is 1. The number of hydrogen-bond donors (Lipinski definition) is 1. The maximum Gasteiger partial charge on any atom is 0.191 e. The van der Waals surface area contributed by atoms with E-state index in [-0.39, 0.29) is 24.0 Å². The number of ether oxygens (including phenoxy) is 2. The predicted molar refractivity (Wildman–Crippen MR) is 109 cm³/mol. The largest absolute Gasteiger partial charge is 0.491 e. The van der Waals surface area contributed by atoms with E-state index in [1.54, 1.807) is 0 Å². The van der Waals surface area contributed by atoms with Crippen LogP contribution in [0.25, 0.3) is 0 Å². The third kappa shape index (κ3) is 6.84. The Morgan fingerprint density at radius 3 is 2.67 bits per heavy atom. The quantitative estimate of drug-likeness (QED) is 0.302. The third-order valence-electron chi connectivity index (χ3n) is 4.00. The number of nitrogens with two attached hydrogens (primary N) is 1. The van der Waals surface area contributed by atoms with Crippen molar-refractivity contribution < 1.29 is 9.47 Å². The number of rotatable bonds is 7. The molecule has 24 heavy (non-hydrogen) atoms. The van der Waals surface area contributed by atoms with Crippen LogP contribution < -0.4 is 10.5 Å². The van der Waals surface area contributed by atoms with Gasteiger partial charge in [0.25, 0.3) is 0 Å². The Morgan fingerprint density at radius 1 is 1.21 bits per heavy atom. The summed E-state index contributed by atoms with van der Waals surface area (Å²) in [6.45, 7) is 8.48. The van der Waals surface area contributed by atoms with E-state index in [0.717, 1.165) is 24.4 Å². The summed E-state index contributed by atoms with van der Waals surface area (Å²) >= 11 is 0. The molecule has 0 aliphatic carbocycles. The van der Waals surface area contributed by atoms with E-state index in [1.807, 2.05) is 13.0 Å². The molecule has 1 heterocycles. The van der Waals surface area contributed by atoms with E-state index in [9.17, 15) is 0 Å². The number of nitrogens with zero attached hydrogens (tertiary/aromatic N) is 2. The standard InChI is InChI=1S/C18H29N3O2.HI/c1-3-22-11-12-23-17-13-15(2)7-8-16(17)14-20-18(19)21-9-5-4-6-10-21;/h7-8,13H,3-6,9-12,14H2,1-2H3,(H2,19,20);1H. The van der Waals surface area contributed by atoms with Crippen LogP contribution in [0.15, 0.2) is 23.2 Å². The molecule has 0 saturated carbocycles. The molecule has 0 atom stereocenters. The molecule has 2 rings (SSSR count). The molecule has 1 saturated heterocycles. The summed E-state index contributed by atoms with van der Waals surface area (Å²) < 4.78 is 11.2. The molecule has 0 amide bonds. The molecule has 0 unspecified atom stereocenters. The monoisotopic (exact) mass is 447 g/mol. The molecule has 6 heteroatoms. The predicted octanol–water partition coefficient (Wildman–Crippen LogP) is 3.33. The van der Waals surface area contributed by atoms with Gasteiger partial charge in [-0.2, -0.15) is 0 Å². The first-order chi connectivity index (χ1) is 11.2. The molecule has 1 aliphatic heterocycles. The zero-order valence-corrected chi connectivity index (χ0v) is 17.1. The van der Waals surface area contributed by atoms with Gasteiger partial charge in [-0.25, -0.2) is 4.99 Å². The highest BCUT2D eigenvalue weighted by Crippen LogP contribution is 2.21. The van der Waals surface area contributed by atoms with Gasteiger partial charge in [-0.15, -0.1) is 24.0 Å². The van der Waals surface area contributed by atoms with Crippen molar-refractivity contribution in [2.24, 2.45) is 10.7 Å². The van der Waals surface area contributed by atoms with Crippen molar-refractivity contribution in [3.63, 3.8) is 0 Å². The molecular formula is C18H30IN3O2. The maximum atomic E-state index is 6.13. The van der Waals surface area contributed by atoms with Crippen molar-refractivity contribution in [2.45, 2.75) is 39.7 Å². The Balaban J connectivity index is 0.00000288. The highest BCUT2D eigenvalue weighted by atomic mass is 127. The topological polar surface area (TPSA) is 60.1 Å². The highest BCUT2D eigenvalue weighted by molar-refractivity contribution is 14.0. The Kier molecular flexibility index (Phi) is 10.1. The highest BCUT2D eigenvalue weighted by Gasteiger charge is 2.12. The number of benzene rings is 1. The van der Waals surface area contributed by atoms with Gasteiger partial charge in [0, 0.05) is 25.3 Å². The van der Waals surface area contributed by atoms with Gasteiger partial charge >= 0.3 is 0 Å². The smallest absolute Gasteiger partial charge is 0.191 e. The summed E-state index contributed by atoms with van der Waals surface area (Å²) in [5, 5.41) is 0. The molecule has 5 nitrogen and oxygen atoms in total. The molecule has 1 aromatic rings. The van der Waals surface area contributed by atoms with E-state index < -0.39 is 0 Å². The van der Waals surface area contributed by atoms with Crippen molar-refractivity contribution in [3.05, 3.63) is 29.3 Å². The second kappa shape index (κ2) is 11.5. The minimum Gasteiger partial charge on any atom is -0.491 e. The van der Waals surface area contributed by atoms with Crippen LogP contribution in [-0.2, 0) is 11.3 Å². The Morgan fingerprint density at radius 2 is 1.96 bits per heavy atom. The second-order valence-corrected chi connectivity index (χ2v) is 5.88. The fraction of sp³-hybridized carbons (Fsp3) is 0.611. The number of halogens is 1. The summed E-state index contributed by atoms with van der Waals surface area (Å²) in [6, 6.07) is 6.20. The number of aliphatic imine (C=N–C) groups is 1. The molecule has 2 N–H and O–H groups in total. The SMILES string of the molecule is CCOCCOc1cc(C)ccc1CN=C(N)N1CCCCC1.I. The first-order valence-corrected chi connectivity index (χ1v) is 8.55. The molecule has 1 fully saturated rings. The van der Waals surface area contributed by atoms with E-state index >= 15 is 0 Å². The minimum absolute atomic E-state index is 0. The van der Waals surface area contributed by atoms with Gasteiger partial charge in [0.2, 0.25) is 0 Å². The molecule has 0 radical (unpaired) electrons. The summed E-state index contributed by atoms with van der Waals surface area (Å²) in [4.78, 5) is 6.74. The van der Waals surface area contributed by atoms with Crippen LogP contribution in [0.5, 0.6) is 5.75 Å². The van der Waals surface area contributed by atoms with Crippen molar-refractivity contribution in [3.8, 4) is 5.75 Å². The number of aryl methyl sites for hydroxylation is 1. The zero-order chi connectivity index (χ0) is 16.5. The van der Waals surface area contributed by atoms with Gasteiger partial charge in [0.1, 0.15) is 12.4 Å². The van der Waals surface area contributed by atoms with E-state index in [4.69, 9.17) is 15.2 Å². The van der Waals surface area contributed by atoms with Crippen LogP contribution >= 0.6 is 24.0 Å². The van der Waals surface area contributed by atoms with Gasteiger partial charge in [-0.05, 0) is 44.7 Å². The number of guanidine groups is 1. The molecule has 0 spiro atoms. The van der Waals surface area contributed by atoms with Crippen LogP contribution in [0, 0.1) is 6.92 Å². The van der Waals surface area contributed by atoms with Crippen molar-refractivity contribution in [1.82, 2.24) is 4.90 Å². The average molecular weight is 447 g/mol. The average Bonchev–Trinajstić information content (AvgIpc) is 2.58. The van der Waals surface area contributed by atoms with E-state index in [2.05, 4.69) is 28.9 Å². The maximum absolute atomic E-state index is 6.13. The first kappa shape index (κ1) is 21.0. The fourth-order valence-corrected chi connectivity index (χ4v) is 2.67. The van der Waals surface area contributed by atoms with Gasteiger partial charge in [-0.3, -0.25) is 0 Å². The van der Waals surface area contributed by atoms with Gasteiger partial charge in [0.05, 0.1) is 13.2 Å². The van der Waals surface area contributed by atoms with Crippen LogP contribution in [0.2, 0.25) is 0 Å². The van der Waals surface area contributed by atoms with Crippen molar-refractivity contribution in [2.75, 3.05) is 32.9 Å². The van der Waals surface area contributed by atoms with Gasteiger partial charge < -0.3 is 20.1 Å². The lowest BCUT2D eigenvalue weighted by Gasteiger charge is -2.27. The number of piperidine rings is 1. The van der Waals surface area contributed by atoms with Crippen LogP contribution in [0.4, 0.5) is 0 Å². The van der Waals surface area contributed by atoms with Crippen molar-refractivity contribution >= 4 is 29.9 Å². The third-order valence-corrected chi connectivity index (χ3v) is 4.00.